The average molecular weight is 504 g/mol. The van der Waals surface area contributed by atoms with E-state index >= 15 is 0 Å². The van der Waals surface area contributed by atoms with Gasteiger partial charge in [-0.2, -0.15) is 31.6 Å². The molecular formula is C17H6Cl2F7N3O3. The van der Waals surface area contributed by atoms with Gasteiger partial charge in [-0.25, -0.2) is 4.39 Å². The van der Waals surface area contributed by atoms with E-state index in [-0.39, 0.29) is 17.7 Å². The molecule has 0 aliphatic rings. The Morgan fingerprint density at radius 1 is 1.00 bits per heavy atom. The maximum atomic E-state index is 14.2. The van der Waals surface area contributed by atoms with Crippen LogP contribution in [0.15, 0.2) is 30.3 Å². The van der Waals surface area contributed by atoms with Crippen LogP contribution in [0.5, 0.6) is 0 Å². The summed E-state index contributed by atoms with van der Waals surface area (Å²) in [4.78, 5) is 22.3. The van der Waals surface area contributed by atoms with Crippen LogP contribution < -0.4 is 5.32 Å². The molecule has 0 saturated carbocycles. The highest BCUT2D eigenvalue weighted by molar-refractivity contribution is 6.40. The lowest BCUT2D eigenvalue weighted by molar-refractivity contribution is -0.385. The van der Waals surface area contributed by atoms with E-state index in [4.69, 9.17) is 28.5 Å². The van der Waals surface area contributed by atoms with Crippen LogP contribution in [0, 0.1) is 21.4 Å². The molecule has 0 bridgehead atoms. The first-order valence-corrected chi connectivity index (χ1v) is 8.62. The third kappa shape index (κ3) is 4.42. The Hall–Kier alpha value is -3.11. The molecule has 0 unspecified atom stereocenters. The van der Waals surface area contributed by atoms with Crippen molar-refractivity contribution < 1.29 is 40.5 Å². The molecule has 2 aromatic rings. The largest absolute Gasteiger partial charge is 0.435 e. The molecule has 0 aliphatic carbocycles. The van der Waals surface area contributed by atoms with Crippen LogP contribution in [0.25, 0.3) is 0 Å². The van der Waals surface area contributed by atoms with E-state index in [1.165, 1.54) is 6.07 Å². The summed E-state index contributed by atoms with van der Waals surface area (Å²) in [6.45, 7) is 0. The fourth-order valence-corrected chi connectivity index (χ4v) is 3.07. The first kappa shape index (κ1) is 25.2. The summed E-state index contributed by atoms with van der Waals surface area (Å²) in [6, 6.07) is 4.12. The van der Waals surface area contributed by atoms with Gasteiger partial charge >= 0.3 is 18.0 Å². The van der Waals surface area contributed by atoms with Crippen LogP contribution in [0.3, 0.4) is 0 Å². The highest BCUT2D eigenvalue weighted by atomic mass is 35.5. The summed E-state index contributed by atoms with van der Waals surface area (Å²) in [5.41, 5.74) is -10.0. The average Bonchev–Trinajstić information content (AvgIpc) is 2.67. The van der Waals surface area contributed by atoms with Gasteiger partial charge in [-0.1, -0.05) is 23.2 Å². The predicted molar refractivity (Wildman–Crippen MR) is 97.1 cm³/mol. The van der Waals surface area contributed by atoms with E-state index in [0.29, 0.717) is 6.07 Å². The van der Waals surface area contributed by atoms with Crippen molar-refractivity contribution in [1.29, 1.82) is 5.26 Å². The van der Waals surface area contributed by atoms with Crippen molar-refractivity contribution in [2.75, 3.05) is 5.32 Å². The smallest absolute Gasteiger partial charge is 0.319 e. The minimum atomic E-state index is -6.41. The van der Waals surface area contributed by atoms with Crippen molar-refractivity contribution in [3.8, 4) is 6.07 Å². The zero-order valence-electron chi connectivity index (χ0n) is 14.9. The number of nitrogens with zero attached hydrogens (tertiary/aromatic N) is 2. The molecule has 0 atom stereocenters. The molecule has 2 rings (SSSR count). The SMILES string of the molecule is N#Cc1ccc(C(=O)Nc2c(Cl)cc(C(F)(C(F)(F)F)C(F)(F)F)cc2Cl)cc1[N+](=O)[O-]. The molecule has 0 fully saturated rings. The molecule has 1 N–H and O–H groups in total. The van der Waals surface area contributed by atoms with Gasteiger partial charge in [-0.05, 0) is 24.3 Å². The van der Waals surface area contributed by atoms with E-state index < -0.39 is 61.4 Å². The molecule has 0 radical (unpaired) electrons. The molecule has 32 heavy (non-hydrogen) atoms. The van der Waals surface area contributed by atoms with E-state index in [9.17, 15) is 45.6 Å². The number of nitro groups is 1. The summed E-state index contributed by atoms with van der Waals surface area (Å²) in [5, 5.41) is 19.8. The molecule has 15 heteroatoms. The fraction of sp³-hybridized carbons (Fsp3) is 0.176. The Labute approximate surface area is 183 Å². The summed E-state index contributed by atoms with van der Waals surface area (Å²) in [5.74, 6) is -1.16. The Balaban J connectivity index is 2.50. The van der Waals surface area contributed by atoms with Gasteiger partial charge < -0.3 is 5.32 Å². The van der Waals surface area contributed by atoms with Crippen LogP contribution in [0.1, 0.15) is 21.5 Å². The number of anilines is 1. The number of amides is 1. The number of nitriles is 1. The number of alkyl halides is 7. The number of nitrogens with one attached hydrogen (secondary N) is 1. The molecule has 0 saturated heterocycles. The first-order valence-electron chi connectivity index (χ1n) is 7.86. The Kier molecular flexibility index (Phi) is 6.63. The number of benzene rings is 2. The van der Waals surface area contributed by atoms with Crippen LogP contribution in [0.2, 0.25) is 10.0 Å². The van der Waals surface area contributed by atoms with Crippen molar-refractivity contribution in [1.82, 2.24) is 0 Å². The van der Waals surface area contributed by atoms with Crippen molar-refractivity contribution in [3.05, 3.63) is 67.2 Å². The summed E-state index contributed by atoms with van der Waals surface area (Å²) >= 11 is 11.3. The van der Waals surface area contributed by atoms with Crippen molar-refractivity contribution in [3.63, 3.8) is 0 Å². The van der Waals surface area contributed by atoms with Crippen LogP contribution in [0.4, 0.5) is 42.1 Å². The summed E-state index contributed by atoms with van der Waals surface area (Å²) < 4.78 is 91.7. The molecule has 2 aromatic carbocycles. The lowest BCUT2D eigenvalue weighted by Crippen LogP contribution is -2.50. The minimum Gasteiger partial charge on any atom is -0.319 e. The van der Waals surface area contributed by atoms with Gasteiger partial charge in [-0.15, -0.1) is 0 Å². The normalized spacial score (nSPS) is 12.2. The van der Waals surface area contributed by atoms with Gasteiger partial charge in [0.05, 0.1) is 20.7 Å². The molecular weight excluding hydrogens is 498 g/mol. The molecule has 6 nitrogen and oxygen atoms in total. The van der Waals surface area contributed by atoms with Gasteiger partial charge in [0.25, 0.3) is 11.6 Å². The van der Waals surface area contributed by atoms with Crippen molar-refractivity contribution >= 4 is 40.5 Å². The number of rotatable bonds is 4. The van der Waals surface area contributed by atoms with Crippen LogP contribution in [-0.2, 0) is 5.67 Å². The lowest BCUT2D eigenvalue weighted by Gasteiger charge is -2.30. The number of nitro benzene ring substituents is 1. The fourth-order valence-electron chi connectivity index (χ4n) is 2.48. The van der Waals surface area contributed by atoms with E-state index in [0.717, 1.165) is 12.1 Å². The monoisotopic (exact) mass is 503 g/mol. The number of hydrogen-bond acceptors (Lipinski definition) is 4. The molecule has 170 valence electrons. The highest BCUT2D eigenvalue weighted by Crippen LogP contribution is 2.54. The van der Waals surface area contributed by atoms with Crippen LogP contribution >= 0.6 is 23.2 Å². The molecule has 0 aromatic heterocycles. The standard InChI is InChI=1S/C17H6Cl2F7N3O3/c18-10-4-9(15(20,16(21,22)23)17(24,25)26)5-11(19)13(10)28-14(30)7-1-2-8(6-27)12(3-7)29(31)32/h1-5H,(H,28,30). The molecule has 0 spiro atoms. The van der Waals surface area contributed by atoms with E-state index in [1.807, 2.05) is 5.32 Å². The maximum Gasteiger partial charge on any atom is 0.435 e. The zero-order chi connectivity index (χ0) is 24.6. The lowest BCUT2D eigenvalue weighted by atomic mass is 9.94. The van der Waals surface area contributed by atoms with Crippen molar-refractivity contribution in [2.24, 2.45) is 0 Å². The maximum absolute atomic E-state index is 14.2. The van der Waals surface area contributed by atoms with Gasteiger partial charge in [0.15, 0.2) is 0 Å². The zero-order valence-corrected chi connectivity index (χ0v) is 16.4. The Morgan fingerprint density at radius 2 is 1.50 bits per heavy atom. The summed E-state index contributed by atoms with van der Waals surface area (Å²) in [6.07, 6.45) is -12.8. The Morgan fingerprint density at radius 3 is 1.91 bits per heavy atom. The van der Waals surface area contributed by atoms with Crippen LogP contribution in [-0.4, -0.2) is 23.2 Å². The predicted octanol–water partition coefficient (Wildman–Crippen LogP) is 6.31. The van der Waals surface area contributed by atoms with Gasteiger partial charge in [-0.3, -0.25) is 14.9 Å². The number of halogens is 9. The number of hydrogen-bond donors (Lipinski definition) is 1. The first-order chi connectivity index (χ1) is 14.5. The molecule has 0 heterocycles. The topological polar surface area (TPSA) is 96.0 Å². The second-order valence-corrected chi connectivity index (χ2v) is 6.84. The number of carbonyl (C=O) groups is 1. The van der Waals surface area contributed by atoms with Gasteiger partial charge in [0.2, 0.25) is 0 Å². The van der Waals surface area contributed by atoms with Gasteiger partial charge in [0.1, 0.15) is 11.6 Å². The summed E-state index contributed by atoms with van der Waals surface area (Å²) in [7, 11) is 0. The Bertz CT molecular complexity index is 1110. The van der Waals surface area contributed by atoms with Crippen molar-refractivity contribution in [2.45, 2.75) is 18.0 Å². The molecule has 1 amide bonds. The quantitative estimate of drug-likeness (QED) is 0.300. The second-order valence-electron chi connectivity index (χ2n) is 6.02. The number of carbonyl (C=O) groups excluding carboxylic acids is 1. The van der Waals surface area contributed by atoms with E-state index in [1.54, 1.807) is 0 Å². The minimum absolute atomic E-state index is 0.00867. The van der Waals surface area contributed by atoms with Gasteiger partial charge in [0, 0.05) is 17.2 Å². The van der Waals surface area contributed by atoms with E-state index in [2.05, 4.69) is 0 Å². The molecule has 0 aliphatic heterocycles. The highest BCUT2D eigenvalue weighted by Gasteiger charge is 2.73. The second kappa shape index (κ2) is 8.44. The third-order valence-corrected chi connectivity index (χ3v) is 4.63. The third-order valence-electron chi connectivity index (χ3n) is 4.04.